The summed E-state index contributed by atoms with van der Waals surface area (Å²) in [5.74, 6) is -1.88. The third-order valence-corrected chi connectivity index (χ3v) is 8.85. The smallest absolute Gasteiger partial charge is 0.192 e. The third kappa shape index (κ3) is 2.98. The number of benzene rings is 4. The number of carbonyl (C=O) groups excluding carboxylic acids is 3. The van der Waals surface area contributed by atoms with Crippen LogP contribution in [0.25, 0.3) is 0 Å². The normalized spacial score (nSPS) is 23.2. The molecule has 2 aliphatic heterocycles. The van der Waals surface area contributed by atoms with Crippen molar-refractivity contribution < 1.29 is 14.4 Å². The van der Waals surface area contributed by atoms with Crippen molar-refractivity contribution in [2.24, 2.45) is 5.92 Å². The maximum Gasteiger partial charge on any atom is 0.192 e. The van der Waals surface area contributed by atoms with Gasteiger partial charge in [0, 0.05) is 35.2 Å². The molecule has 1 fully saturated rings. The molecular weight excluding hydrogens is 470 g/mol. The van der Waals surface area contributed by atoms with Crippen LogP contribution in [0.4, 0.5) is 0 Å². The van der Waals surface area contributed by atoms with E-state index in [0.717, 1.165) is 23.1 Å². The monoisotopic (exact) mass is 497 g/mol. The number of aryl methyl sites for hydroxylation is 1. The molecular formula is C34H27NO3. The lowest BCUT2D eigenvalue weighted by atomic mass is 9.69. The Kier molecular flexibility index (Phi) is 5.11. The van der Waals surface area contributed by atoms with Gasteiger partial charge in [0.15, 0.2) is 22.9 Å². The van der Waals surface area contributed by atoms with Gasteiger partial charge in [0.2, 0.25) is 0 Å². The van der Waals surface area contributed by atoms with Gasteiger partial charge in [0.1, 0.15) is 0 Å². The van der Waals surface area contributed by atoms with E-state index in [2.05, 4.69) is 41.3 Å². The second kappa shape index (κ2) is 8.44. The highest BCUT2D eigenvalue weighted by atomic mass is 16.2. The number of carbonyl (C=O) groups is 3. The molecule has 0 amide bonds. The highest BCUT2D eigenvalue weighted by Gasteiger charge is 2.72. The predicted octanol–water partition coefficient (Wildman–Crippen LogP) is 6.01. The minimum atomic E-state index is -1.58. The fourth-order valence-electron chi connectivity index (χ4n) is 7.24. The Morgan fingerprint density at radius 2 is 1.37 bits per heavy atom. The van der Waals surface area contributed by atoms with E-state index >= 15 is 0 Å². The number of ketones is 3. The van der Waals surface area contributed by atoms with Gasteiger partial charge in [-0.15, -0.1) is 0 Å². The molecule has 2 heterocycles. The number of fused-ring (bicyclic) bond motifs is 5. The Bertz CT molecular complexity index is 1570. The summed E-state index contributed by atoms with van der Waals surface area (Å²) in [5.41, 5.74) is 4.20. The average Bonchev–Trinajstić information content (AvgIpc) is 3.40. The Morgan fingerprint density at radius 3 is 2.05 bits per heavy atom. The molecule has 0 N–H and O–H groups in total. The highest BCUT2D eigenvalue weighted by molar-refractivity contribution is 6.35. The Labute approximate surface area is 221 Å². The van der Waals surface area contributed by atoms with Crippen molar-refractivity contribution in [2.75, 3.05) is 6.54 Å². The van der Waals surface area contributed by atoms with E-state index in [1.807, 2.05) is 37.3 Å². The van der Waals surface area contributed by atoms with Crippen molar-refractivity contribution in [1.82, 2.24) is 4.90 Å². The van der Waals surface area contributed by atoms with Crippen molar-refractivity contribution in [2.45, 2.75) is 30.8 Å². The van der Waals surface area contributed by atoms with Crippen molar-refractivity contribution in [3.8, 4) is 0 Å². The van der Waals surface area contributed by atoms with E-state index < -0.39 is 11.5 Å². The average molecular weight is 498 g/mol. The lowest BCUT2D eigenvalue weighted by molar-refractivity contribution is 0.0409. The summed E-state index contributed by atoms with van der Waals surface area (Å²) in [6, 6.07) is 32.5. The second-order valence-corrected chi connectivity index (χ2v) is 10.7. The van der Waals surface area contributed by atoms with Crippen LogP contribution < -0.4 is 0 Å². The topological polar surface area (TPSA) is 54.5 Å². The molecule has 3 aliphatic rings. The molecule has 0 saturated carbocycles. The zero-order valence-corrected chi connectivity index (χ0v) is 21.1. The SMILES string of the molecule is Cc1ccc([C@@H]2[C@H]3c4ccccc4CCN3C3(C(=O)c4ccccc4C3=O)[C@H]2C(=O)c2ccccc2)cc1. The molecule has 3 atom stereocenters. The number of hydrogen-bond donors (Lipinski definition) is 0. The van der Waals surface area contributed by atoms with Gasteiger partial charge in [-0.1, -0.05) is 109 Å². The first kappa shape index (κ1) is 23.0. The molecule has 4 aromatic rings. The predicted molar refractivity (Wildman–Crippen MR) is 146 cm³/mol. The summed E-state index contributed by atoms with van der Waals surface area (Å²) in [6.07, 6.45) is 0.720. The van der Waals surface area contributed by atoms with E-state index in [4.69, 9.17) is 0 Å². The first-order chi connectivity index (χ1) is 18.5. The maximum absolute atomic E-state index is 14.6. The van der Waals surface area contributed by atoms with Crippen LogP contribution in [0, 0.1) is 12.8 Å². The minimum absolute atomic E-state index is 0.155. The van der Waals surface area contributed by atoms with Gasteiger partial charge in [0.25, 0.3) is 0 Å². The van der Waals surface area contributed by atoms with Crippen molar-refractivity contribution in [3.63, 3.8) is 0 Å². The fraction of sp³-hybridized carbons (Fsp3) is 0.206. The van der Waals surface area contributed by atoms with Gasteiger partial charge in [-0.05, 0) is 30.0 Å². The van der Waals surface area contributed by atoms with E-state index in [9.17, 15) is 14.4 Å². The first-order valence-corrected chi connectivity index (χ1v) is 13.2. The van der Waals surface area contributed by atoms with Crippen LogP contribution in [0.15, 0.2) is 103 Å². The van der Waals surface area contributed by atoms with Gasteiger partial charge in [-0.25, -0.2) is 0 Å². The van der Waals surface area contributed by atoms with Crippen molar-refractivity contribution in [3.05, 3.63) is 142 Å². The molecule has 4 heteroatoms. The van der Waals surface area contributed by atoms with Crippen LogP contribution >= 0.6 is 0 Å². The quantitative estimate of drug-likeness (QED) is 0.257. The molecule has 0 aromatic heterocycles. The maximum atomic E-state index is 14.6. The van der Waals surface area contributed by atoms with E-state index in [-0.39, 0.29) is 29.3 Å². The number of hydrogen-bond acceptors (Lipinski definition) is 4. The largest absolute Gasteiger partial charge is 0.294 e. The minimum Gasteiger partial charge on any atom is -0.294 e. The van der Waals surface area contributed by atoms with Crippen LogP contribution in [0.3, 0.4) is 0 Å². The molecule has 1 aliphatic carbocycles. The fourth-order valence-corrected chi connectivity index (χ4v) is 7.24. The van der Waals surface area contributed by atoms with E-state index in [0.29, 0.717) is 23.2 Å². The van der Waals surface area contributed by atoms with Crippen molar-refractivity contribution >= 4 is 17.3 Å². The molecule has 7 rings (SSSR count). The molecule has 38 heavy (non-hydrogen) atoms. The zero-order chi connectivity index (χ0) is 26.0. The Hall–Kier alpha value is -4.15. The molecule has 0 bridgehead atoms. The van der Waals surface area contributed by atoms with Crippen LogP contribution in [-0.4, -0.2) is 34.3 Å². The number of nitrogens with zero attached hydrogens (tertiary/aromatic N) is 1. The summed E-state index contributed by atoms with van der Waals surface area (Å²) in [7, 11) is 0. The van der Waals surface area contributed by atoms with Crippen LogP contribution in [0.1, 0.15) is 65.3 Å². The summed E-state index contributed by atoms with van der Waals surface area (Å²) in [4.78, 5) is 45.8. The van der Waals surface area contributed by atoms with Gasteiger partial charge >= 0.3 is 0 Å². The third-order valence-electron chi connectivity index (χ3n) is 8.85. The lowest BCUT2D eigenvalue weighted by Gasteiger charge is -2.41. The zero-order valence-electron chi connectivity index (χ0n) is 21.1. The number of Topliss-reactive ketones (excluding diaryl/α,β-unsaturated/α-hetero) is 3. The van der Waals surface area contributed by atoms with E-state index in [1.165, 1.54) is 5.56 Å². The highest BCUT2D eigenvalue weighted by Crippen LogP contribution is 2.61. The van der Waals surface area contributed by atoms with Gasteiger partial charge in [-0.3, -0.25) is 19.3 Å². The van der Waals surface area contributed by atoms with Crippen LogP contribution in [0.5, 0.6) is 0 Å². The van der Waals surface area contributed by atoms with Gasteiger partial charge < -0.3 is 0 Å². The van der Waals surface area contributed by atoms with Crippen LogP contribution in [0.2, 0.25) is 0 Å². The standard InChI is InChI=1S/C34H27NO3/c1-21-15-17-23(18-16-21)28-29(31(36)24-10-3-2-4-11-24)34(32(37)26-13-7-8-14-27(26)33(34)38)35-20-19-22-9-5-6-12-25(22)30(28)35/h2-18,28-30H,19-20H2,1H3/t28-,29+,30+/m0/s1. The van der Waals surface area contributed by atoms with Gasteiger partial charge in [0.05, 0.1) is 5.92 Å². The van der Waals surface area contributed by atoms with Crippen LogP contribution in [-0.2, 0) is 6.42 Å². The molecule has 186 valence electrons. The first-order valence-electron chi connectivity index (χ1n) is 13.2. The molecule has 0 unspecified atom stereocenters. The summed E-state index contributed by atoms with van der Waals surface area (Å²) >= 11 is 0. The van der Waals surface area contributed by atoms with Gasteiger partial charge in [-0.2, -0.15) is 0 Å². The summed E-state index contributed by atoms with van der Waals surface area (Å²) in [5, 5.41) is 0. The second-order valence-electron chi connectivity index (χ2n) is 10.7. The molecule has 4 aromatic carbocycles. The lowest BCUT2D eigenvalue weighted by Crippen LogP contribution is -2.60. The summed E-state index contributed by atoms with van der Waals surface area (Å²) < 4.78 is 0. The number of rotatable bonds is 3. The van der Waals surface area contributed by atoms with Crippen molar-refractivity contribution in [1.29, 1.82) is 0 Å². The Morgan fingerprint density at radius 1 is 0.763 bits per heavy atom. The molecule has 4 nitrogen and oxygen atoms in total. The summed E-state index contributed by atoms with van der Waals surface area (Å²) in [6.45, 7) is 2.57. The molecule has 0 radical (unpaired) electrons. The molecule has 1 saturated heterocycles. The Balaban J connectivity index is 1.55. The van der Waals surface area contributed by atoms with E-state index in [1.54, 1.807) is 36.4 Å². The molecule has 1 spiro atoms.